The number of carbonyl (C=O) groups is 1. The van der Waals surface area contributed by atoms with E-state index in [0.717, 1.165) is 0 Å². The molecule has 0 fully saturated rings. The van der Waals surface area contributed by atoms with Crippen molar-refractivity contribution >= 4 is 15.8 Å². The number of carboxylic acid groups (broad SMARTS) is 1. The Labute approximate surface area is 113 Å². The second-order valence-corrected chi connectivity index (χ2v) is 7.35. The maximum Gasteiger partial charge on any atom is 0.310 e. The quantitative estimate of drug-likeness (QED) is 0.920. The van der Waals surface area contributed by atoms with E-state index in [2.05, 4.69) is 0 Å². The molecule has 19 heavy (non-hydrogen) atoms. The Morgan fingerprint density at radius 2 is 2.05 bits per heavy atom. The maximum absolute atomic E-state index is 12.1. The Morgan fingerprint density at radius 3 is 2.63 bits per heavy atom. The summed E-state index contributed by atoms with van der Waals surface area (Å²) < 4.78 is 24.3. The van der Waals surface area contributed by atoms with Gasteiger partial charge in [-0.25, -0.2) is 8.42 Å². The molecule has 1 aromatic rings. The molecule has 104 valence electrons. The van der Waals surface area contributed by atoms with E-state index < -0.39 is 27.1 Å². The Bertz CT molecular complexity index is 606. The molecule has 1 N–H and O–H groups in total. The zero-order valence-corrected chi connectivity index (χ0v) is 11.9. The fourth-order valence-corrected chi connectivity index (χ4v) is 4.95. The van der Waals surface area contributed by atoms with Gasteiger partial charge in [-0.15, -0.1) is 0 Å². The lowest BCUT2D eigenvalue weighted by Crippen LogP contribution is -2.35. The van der Waals surface area contributed by atoms with E-state index in [9.17, 15) is 18.3 Å². The van der Waals surface area contributed by atoms with Crippen LogP contribution < -0.4 is 0 Å². The van der Waals surface area contributed by atoms with Crippen molar-refractivity contribution in [2.45, 2.75) is 37.5 Å². The summed E-state index contributed by atoms with van der Waals surface area (Å²) in [5.41, 5.74) is -0.380. The molecule has 0 saturated heterocycles. The number of carboxylic acids is 1. The van der Waals surface area contributed by atoms with E-state index in [1.807, 2.05) is 6.92 Å². The standard InChI is InChI=1S/C14H18O4S/c1-3-8-14(2,13(15)16)11-9-19(17,18)12-7-5-4-6-10(11)12/h4-7,11H,3,8-9H2,1-2H3,(H,15,16). The highest BCUT2D eigenvalue weighted by Gasteiger charge is 2.48. The van der Waals surface area contributed by atoms with Crippen molar-refractivity contribution in [3.8, 4) is 0 Å². The van der Waals surface area contributed by atoms with Gasteiger partial charge in [-0.05, 0) is 25.0 Å². The molecule has 4 nitrogen and oxygen atoms in total. The number of hydrogen-bond donors (Lipinski definition) is 1. The first-order chi connectivity index (χ1) is 8.83. The molecule has 2 rings (SSSR count). The van der Waals surface area contributed by atoms with Crippen molar-refractivity contribution in [2.75, 3.05) is 5.75 Å². The lowest BCUT2D eigenvalue weighted by atomic mass is 9.71. The first kappa shape index (κ1) is 14.1. The molecule has 0 bridgehead atoms. The highest BCUT2D eigenvalue weighted by atomic mass is 32.2. The van der Waals surface area contributed by atoms with Gasteiger partial charge in [-0.1, -0.05) is 31.5 Å². The van der Waals surface area contributed by atoms with Gasteiger partial charge in [0.2, 0.25) is 0 Å². The van der Waals surface area contributed by atoms with Crippen molar-refractivity contribution in [3.63, 3.8) is 0 Å². The molecule has 2 unspecified atom stereocenters. The first-order valence-electron chi connectivity index (χ1n) is 6.38. The van der Waals surface area contributed by atoms with Crippen LogP contribution in [0.5, 0.6) is 0 Å². The van der Waals surface area contributed by atoms with E-state index >= 15 is 0 Å². The molecule has 2 atom stereocenters. The second kappa shape index (κ2) is 4.63. The molecule has 1 heterocycles. The largest absolute Gasteiger partial charge is 0.481 e. The minimum absolute atomic E-state index is 0.102. The van der Waals surface area contributed by atoms with Gasteiger partial charge in [0.15, 0.2) is 9.84 Å². The van der Waals surface area contributed by atoms with Gasteiger partial charge >= 0.3 is 5.97 Å². The zero-order chi connectivity index (χ0) is 14.3. The smallest absolute Gasteiger partial charge is 0.310 e. The van der Waals surface area contributed by atoms with Gasteiger partial charge in [-0.3, -0.25) is 4.79 Å². The molecule has 1 aromatic carbocycles. The number of rotatable bonds is 4. The van der Waals surface area contributed by atoms with Crippen LogP contribution in [0.1, 0.15) is 38.2 Å². The third-order valence-electron chi connectivity index (χ3n) is 4.04. The monoisotopic (exact) mass is 282 g/mol. The Balaban J connectivity index is 2.57. The van der Waals surface area contributed by atoms with Crippen LogP contribution in [0.15, 0.2) is 29.2 Å². The van der Waals surface area contributed by atoms with Crippen molar-refractivity contribution in [1.29, 1.82) is 0 Å². The normalized spacial score (nSPS) is 23.6. The molecule has 1 aliphatic heterocycles. The summed E-state index contributed by atoms with van der Waals surface area (Å²) >= 11 is 0. The average Bonchev–Trinajstić information content (AvgIpc) is 2.63. The average molecular weight is 282 g/mol. The number of hydrogen-bond acceptors (Lipinski definition) is 3. The molecule has 5 heteroatoms. The van der Waals surface area contributed by atoms with Gasteiger partial charge in [0.05, 0.1) is 16.1 Å². The van der Waals surface area contributed by atoms with E-state index in [-0.39, 0.29) is 5.75 Å². The van der Waals surface area contributed by atoms with Gasteiger partial charge in [-0.2, -0.15) is 0 Å². The number of fused-ring (bicyclic) bond motifs is 1. The van der Waals surface area contributed by atoms with Crippen LogP contribution in [0.3, 0.4) is 0 Å². The molecular weight excluding hydrogens is 264 g/mol. The van der Waals surface area contributed by atoms with Crippen LogP contribution in [-0.4, -0.2) is 25.2 Å². The lowest BCUT2D eigenvalue weighted by Gasteiger charge is -2.30. The number of aliphatic carboxylic acids is 1. The van der Waals surface area contributed by atoms with Crippen LogP contribution in [0.25, 0.3) is 0 Å². The van der Waals surface area contributed by atoms with Crippen LogP contribution in [0.2, 0.25) is 0 Å². The minimum atomic E-state index is -3.35. The predicted octanol–water partition coefficient (Wildman–Crippen LogP) is 2.45. The van der Waals surface area contributed by atoms with Crippen molar-refractivity contribution in [1.82, 2.24) is 0 Å². The molecule has 0 saturated carbocycles. The van der Waals surface area contributed by atoms with Crippen LogP contribution in [0, 0.1) is 5.41 Å². The third-order valence-corrected chi connectivity index (χ3v) is 5.86. The molecule has 0 amide bonds. The highest BCUT2D eigenvalue weighted by molar-refractivity contribution is 7.91. The minimum Gasteiger partial charge on any atom is -0.481 e. The molecule has 0 radical (unpaired) electrons. The number of sulfone groups is 1. The Morgan fingerprint density at radius 1 is 1.42 bits per heavy atom. The summed E-state index contributed by atoms with van der Waals surface area (Å²) in [6.45, 7) is 3.57. The topological polar surface area (TPSA) is 71.4 Å². The van der Waals surface area contributed by atoms with E-state index in [4.69, 9.17) is 0 Å². The van der Waals surface area contributed by atoms with E-state index in [0.29, 0.717) is 23.3 Å². The number of benzene rings is 1. The Hall–Kier alpha value is -1.36. The van der Waals surface area contributed by atoms with Gasteiger partial charge in [0.1, 0.15) is 0 Å². The predicted molar refractivity (Wildman–Crippen MR) is 71.9 cm³/mol. The highest BCUT2D eigenvalue weighted by Crippen LogP contribution is 2.47. The van der Waals surface area contributed by atoms with E-state index in [1.54, 1.807) is 31.2 Å². The summed E-state index contributed by atoms with van der Waals surface area (Å²) in [5.74, 6) is -1.49. The summed E-state index contributed by atoms with van der Waals surface area (Å²) in [5, 5.41) is 9.52. The van der Waals surface area contributed by atoms with Gasteiger partial charge < -0.3 is 5.11 Å². The van der Waals surface area contributed by atoms with Crippen LogP contribution in [-0.2, 0) is 14.6 Å². The van der Waals surface area contributed by atoms with Gasteiger partial charge in [0.25, 0.3) is 0 Å². The second-order valence-electron chi connectivity index (χ2n) is 5.34. The van der Waals surface area contributed by atoms with Crippen molar-refractivity contribution in [2.24, 2.45) is 5.41 Å². The zero-order valence-electron chi connectivity index (χ0n) is 11.1. The third kappa shape index (κ3) is 2.16. The van der Waals surface area contributed by atoms with E-state index in [1.165, 1.54) is 0 Å². The van der Waals surface area contributed by atoms with Gasteiger partial charge in [0, 0.05) is 5.92 Å². The summed E-state index contributed by atoms with van der Waals surface area (Å²) in [6, 6.07) is 6.75. The summed E-state index contributed by atoms with van der Waals surface area (Å²) in [6.07, 6.45) is 1.18. The summed E-state index contributed by atoms with van der Waals surface area (Å²) in [7, 11) is -3.35. The molecular formula is C14H18O4S. The SMILES string of the molecule is CCCC(C)(C(=O)O)C1CS(=O)(=O)c2ccccc21. The Kier molecular flexibility index (Phi) is 3.43. The lowest BCUT2D eigenvalue weighted by molar-refractivity contribution is -0.149. The first-order valence-corrected chi connectivity index (χ1v) is 8.03. The molecule has 1 aliphatic rings. The van der Waals surface area contributed by atoms with Crippen LogP contribution >= 0.6 is 0 Å². The van der Waals surface area contributed by atoms with Crippen molar-refractivity contribution < 1.29 is 18.3 Å². The van der Waals surface area contributed by atoms with Crippen LogP contribution in [0.4, 0.5) is 0 Å². The van der Waals surface area contributed by atoms with Crippen molar-refractivity contribution in [3.05, 3.63) is 29.8 Å². The molecule has 0 aliphatic carbocycles. The summed E-state index contributed by atoms with van der Waals surface area (Å²) in [4.78, 5) is 11.9. The molecule has 0 spiro atoms. The fraction of sp³-hybridized carbons (Fsp3) is 0.500. The fourth-order valence-electron chi connectivity index (χ4n) is 2.93. The maximum atomic E-state index is 12.1. The molecule has 0 aromatic heterocycles.